The highest BCUT2D eigenvalue weighted by atomic mass is 16.5. The van der Waals surface area contributed by atoms with Gasteiger partial charge in [0.2, 0.25) is 0 Å². The molecule has 1 N–H and O–H groups in total. The molecule has 0 aromatic carbocycles. The summed E-state index contributed by atoms with van der Waals surface area (Å²) in [6, 6.07) is 0. The Balaban J connectivity index is 2.38. The number of nitrogens with zero attached hydrogens (tertiary/aromatic N) is 1. The average molecular weight is 169 g/mol. The van der Waals surface area contributed by atoms with E-state index in [9.17, 15) is 0 Å². The highest BCUT2D eigenvalue weighted by Gasteiger charge is 2.08. The number of ether oxygens (including phenoxy) is 1. The fourth-order valence-corrected chi connectivity index (χ4v) is 1.14. The topological polar surface area (TPSA) is 28.9 Å². The predicted octanol–water partition coefficient (Wildman–Crippen LogP) is 0.807. The van der Waals surface area contributed by atoms with Gasteiger partial charge >= 0.3 is 0 Å². The molecule has 1 atom stereocenters. The number of H-pyrrole nitrogens is 1. The van der Waals surface area contributed by atoms with Gasteiger partial charge < -0.3 is 4.74 Å². The number of nitrogens with one attached hydrogen (secondary N) is 1. The summed E-state index contributed by atoms with van der Waals surface area (Å²) in [5.41, 5.74) is 0. The Labute approximate surface area is 73.4 Å². The molecule has 0 bridgehead atoms. The Kier molecular flexibility index (Phi) is 3.29. The predicted molar refractivity (Wildman–Crippen MR) is 46.8 cm³/mol. The van der Waals surface area contributed by atoms with Crippen molar-refractivity contribution in [2.75, 3.05) is 7.11 Å². The number of hydrogen-bond acceptors (Lipinski definition) is 1. The number of imidazole rings is 1. The van der Waals surface area contributed by atoms with E-state index in [4.69, 9.17) is 4.74 Å². The zero-order chi connectivity index (χ0) is 8.97. The summed E-state index contributed by atoms with van der Waals surface area (Å²) in [6.07, 6.45) is 6.41. The maximum absolute atomic E-state index is 5.17. The largest absolute Gasteiger partial charge is 0.382 e. The average Bonchev–Trinajstić information content (AvgIpc) is 2.47. The highest BCUT2D eigenvalue weighted by molar-refractivity contribution is 4.77. The molecular formula is C9H17N2O+. The van der Waals surface area contributed by atoms with Gasteiger partial charge in [-0.25, -0.2) is 9.55 Å². The van der Waals surface area contributed by atoms with Crippen molar-refractivity contribution < 1.29 is 9.30 Å². The molecule has 0 radical (unpaired) electrons. The van der Waals surface area contributed by atoms with Crippen molar-refractivity contribution >= 4 is 0 Å². The maximum Gasteiger partial charge on any atom is 0.254 e. The molecule has 3 heteroatoms. The van der Waals surface area contributed by atoms with Gasteiger partial charge in [-0.1, -0.05) is 0 Å². The van der Waals surface area contributed by atoms with Gasteiger partial charge in [0.1, 0.15) is 12.4 Å². The minimum Gasteiger partial charge on any atom is -0.382 e. The van der Waals surface area contributed by atoms with Gasteiger partial charge in [-0.2, -0.15) is 0 Å². The van der Waals surface area contributed by atoms with Crippen LogP contribution in [0.25, 0.3) is 0 Å². The molecule has 0 saturated carbocycles. The van der Waals surface area contributed by atoms with Crippen LogP contribution in [0.2, 0.25) is 0 Å². The third kappa shape index (κ3) is 2.34. The molecule has 1 aromatic heterocycles. The molecule has 0 aliphatic heterocycles. The number of aryl methyl sites for hydroxylation is 2. The molecule has 0 fully saturated rings. The molecule has 0 spiro atoms. The van der Waals surface area contributed by atoms with E-state index >= 15 is 0 Å². The summed E-state index contributed by atoms with van der Waals surface area (Å²) in [5.74, 6) is 1.25. The van der Waals surface area contributed by atoms with Gasteiger partial charge in [-0.3, -0.25) is 0 Å². The summed E-state index contributed by atoms with van der Waals surface area (Å²) < 4.78 is 7.26. The van der Waals surface area contributed by atoms with Crippen LogP contribution >= 0.6 is 0 Å². The third-order valence-electron chi connectivity index (χ3n) is 2.16. The third-order valence-corrected chi connectivity index (χ3v) is 2.16. The van der Waals surface area contributed by atoms with Crippen molar-refractivity contribution in [3.8, 4) is 0 Å². The molecule has 0 amide bonds. The fourth-order valence-electron chi connectivity index (χ4n) is 1.14. The first-order chi connectivity index (χ1) is 5.74. The second-order valence-corrected chi connectivity index (χ2v) is 3.10. The first-order valence-electron chi connectivity index (χ1n) is 4.28. The Morgan fingerprint density at radius 2 is 2.42 bits per heavy atom. The molecule has 0 aliphatic carbocycles. The summed E-state index contributed by atoms with van der Waals surface area (Å²) >= 11 is 0. The van der Waals surface area contributed by atoms with Crippen molar-refractivity contribution in [2.24, 2.45) is 7.05 Å². The molecule has 3 nitrogen and oxygen atoms in total. The van der Waals surface area contributed by atoms with Crippen LogP contribution < -0.4 is 4.57 Å². The van der Waals surface area contributed by atoms with Crippen molar-refractivity contribution in [3.63, 3.8) is 0 Å². The fraction of sp³-hybridized carbons (Fsp3) is 0.667. The SMILES string of the molecule is COC(C)CCc1[nH]cc[n+]1C. The molecule has 1 unspecified atom stereocenters. The lowest BCUT2D eigenvalue weighted by Gasteiger charge is -2.05. The smallest absolute Gasteiger partial charge is 0.254 e. The number of rotatable bonds is 4. The van der Waals surface area contributed by atoms with Gasteiger partial charge in [0, 0.05) is 7.11 Å². The second-order valence-electron chi connectivity index (χ2n) is 3.10. The van der Waals surface area contributed by atoms with Crippen LogP contribution in [0, 0.1) is 0 Å². The molecule has 1 rings (SSSR count). The van der Waals surface area contributed by atoms with E-state index in [1.54, 1.807) is 7.11 Å². The number of methoxy groups -OCH3 is 1. The lowest BCUT2D eigenvalue weighted by molar-refractivity contribution is -0.677. The minimum absolute atomic E-state index is 0.341. The van der Waals surface area contributed by atoms with Crippen LogP contribution in [0.4, 0.5) is 0 Å². The van der Waals surface area contributed by atoms with Crippen LogP contribution in [0.5, 0.6) is 0 Å². The Bertz CT molecular complexity index is 232. The van der Waals surface area contributed by atoms with Crippen LogP contribution in [-0.2, 0) is 18.2 Å². The van der Waals surface area contributed by atoms with Gasteiger partial charge in [-0.05, 0) is 13.3 Å². The maximum atomic E-state index is 5.17. The monoisotopic (exact) mass is 169 g/mol. The van der Waals surface area contributed by atoms with E-state index in [0.29, 0.717) is 6.10 Å². The van der Waals surface area contributed by atoms with Crippen LogP contribution in [0.3, 0.4) is 0 Å². The number of aromatic amines is 1. The van der Waals surface area contributed by atoms with E-state index in [0.717, 1.165) is 12.8 Å². The lowest BCUT2D eigenvalue weighted by atomic mass is 10.2. The number of aromatic nitrogens is 2. The lowest BCUT2D eigenvalue weighted by Crippen LogP contribution is -2.30. The summed E-state index contributed by atoms with van der Waals surface area (Å²) in [7, 11) is 3.79. The van der Waals surface area contributed by atoms with Crippen LogP contribution in [-0.4, -0.2) is 18.2 Å². The van der Waals surface area contributed by atoms with E-state index in [-0.39, 0.29) is 0 Å². The molecule has 12 heavy (non-hydrogen) atoms. The van der Waals surface area contributed by atoms with E-state index in [1.165, 1.54) is 5.82 Å². The summed E-state index contributed by atoms with van der Waals surface area (Å²) in [4.78, 5) is 3.19. The first kappa shape index (κ1) is 9.26. The van der Waals surface area contributed by atoms with E-state index in [2.05, 4.69) is 16.5 Å². The first-order valence-corrected chi connectivity index (χ1v) is 4.28. The normalized spacial score (nSPS) is 13.2. The zero-order valence-corrected chi connectivity index (χ0v) is 8.00. The molecule has 68 valence electrons. The summed E-state index contributed by atoms with van der Waals surface area (Å²) in [5, 5.41) is 0. The molecular weight excluding hydrogens is 152 g/mol. The molecule has 1 heterocycles. The van der Waals surface area contributed by atoms with Crippen molar-refractivity contribution in [1.82, 2.24) is 4.98 Å². The standard InChI is InChI=1S/C9H16N2O/c1-8(12-3)4-5-9-10-6-7-11(9)2/h6-8H,4-5H2,1-3H3/p+1. The van der Waals surface area contributed by atoms with Gasteiger partial charge in [0.15, 0.2) is 0 Å². The Morgan fingerprint density at radius 3 is 2.92 bits per heavy atom. The molecule has 1 aromatic rings. The zero-order valence-electron chi connectivity index (χ0n) is 8.00. The quantitative estimate of drug-likeness (QED) is 0.664. The molecule has 0 aliphatic rings. The molecule has 0 saturated heterocycles. The highest BCUT2D eigenvalue weighted by Crippen LogP contribution is 2.00. The van der Waals surface area contributed by atoms with Crippen molar-refractivity contribution in [2.45, 2.75) is 25.9 Å². The van der Waals surface area contributed by atoms with Gasteiger partial charge in [0.25, 0.3) is 5.82 Å². The second kappa shape index (κ2) is 4.26. The van der Waals surface area contributed by atoms with Gasteiger partial charge in [0.05, 0.1) is 19.6 Å². The van der Waals surface area contributed by atoms with E-state index < -0.39 is 0 Å². The van der Waals surface area contributed by atoms with E-state index in [1.807, 2.05) is 19.4 Å². The van der Waals surface area contributed by atoms with Crippen molar-refractivity contribution in [1.29, 1.82) is 0 Å². The minimum atomic E-state index is 0.341. The van der Waals surface area contributed by atoms with Gasteiger partial charge in [-0.15, -0.1) is 0 Å². The Morgan fingerprint density at radius 1 is 1.67 bits per heavy atom. The number of hydrogen-bond donors (Lipinski definition) is 1. The van der Waals surface area contributed by atoms with Crippen LogP contribution in [0.1, 0.15) is 19.2 Å². The summed E-state index contributed by atoms with van der Waals surface area (Å²) in [6.45, 7) is 2.09. The Hall–Kier alpha value is -0.830. The van der Waals surface area contributed by atoms with Crippen molar-refractivity contribution in [3.05, 3.63) is 18.2 Å². The van der Waals surface area contributed by atoms with Crippen LogP contribution in [0.15, 0.2) is 12.4 Å².